The number of hydrogen-bond acceptors (Lipinski definition) is 14. The minimum Gasteiger partial charge on any atom is -0.366 e. The molecule has 0 aliphatic rings. The van der Waals surface area contributed by atoms with Gasteiger partial charge in [0, 0.05) is 82.1 Å². The number of halogens is 3. The molecule has 0 amide bonds. The topological polar surface area (TPSA) is 178 Å². The van der Waals surface area contributed by atoms with Crippen molar-refractivity contribution < 1.29 is 4.39 Å². The maximum absolute atomic E-state index is 15.6. The van der Waals surface area contributed by atoms with Crippen LogP contribution in [0, 0.1) is 5.82 Å². The predicted octanol–water partition coefficient (Wildman–Crippen LogP) is 9.91. The Morgan fingerprint density at radius 1 is 0.475 bits per heavy atom. The van der Waals surface area contributed by atoms with E-state index in [-0.39, 0.29) is 11.4 Å². The molecule has 6 heterocycles. The first-order chi connectivity index (χ1) is 29.9. The lowest BCUT2D eigenvalue weighted by Gasteiger charge is -2.13. The summed E-state index contributed by atoms with van der Waals surface area (Å²) in [5.41, 5.74) is 5.41. The molecule has 0 bridgehead atoms. The molecule has 0 saturated heterocycles. The second-order valence-electron chi connectivity index (χ2n) is 13.2. The van der Waals surface area contributed by atoms with Crippen molar-refractivity contribution in [1.82, 2.24) is 54.8 Å². The van der Waals surface area contributed by atoms with E-state index in [2.05, 4.69) is 70.8 Å². The number of anilines is 5. The van der Waals surface area contributed by atoms with Crippen molar-refractivity contribution in [3.8, 4) is 56.5 Å². The van der Waals surface area contributed by atoms with Crippen molar-refractivity contribution >= 4 is 52.3 Å². The summed E-state index contributed by atoms with van der Waals surface area (Å²) in [4.78, 5) is 48.6. The van der Waals surface area contributed by atoms with E-state index in [4.69, 9.17) is 23.2 Å². The molecular weight excluding hydrogens is 814 g/mol. The van der Waals surface area contributed by atoms with Gasteiger partial charge in [-0.15, -0.1) is 0 Å². The van der Waals surface area contributed by atoms with E-state index in [9.17, 15) is 0 Å². The van der Waals surface area contributed by atoms with Gasteiger partial charge in [-0.05, 0) is 83.9 Å². The molecule has 0 fully saturated rings. The average molecular weight is 844 g/mol. The van der Waals surface area contributed by atoms with Gasteiger partial charge in [-0.2, -0.15) is 0 Å². The van der Waals surface area contributed by atoms with Gasteiger partial charge in [0.05, 0.1) is 11.3 Å². The third-order valence-electron chi connectivity index (χ3n) is 9.15. The molecule has 0 atom stereocenters. The van der Waals surface area contributed by atoms with Crippen LogP contribution in [0.3, 0.4) is 0 Å². The number of benzene rings is 3. The lowest BCUT2D eigenvalue weighted by Crippen LogP contribution is -2.04. The molecule has 14 nitrogen and oxygen atoms in total. The van der Waals surface area contributed by atoms with Gasteiger partial charge in [0.2, 0.25) is 0 Å². The van der Waals surface area contributed by atoms with Crippen molar-refractivity contribution in [2.45, 2.75) is 6.54 Å². The normalized spacial score (nSPS) is 10.9. The summed E-state index contributed by atoms with van der Waals surface area (Å²) in [5.74, 6) is 3.27. The highest BCUT2D eigenvalue weighted by Gasteiger charge is 2.15. The zero-order valence-electron chi connectivity index (χ0n) is 31.6. The summed E-state index contributed by atoms with van der Waals surface area (Å²) in [7, 11) is 0. The maximum atomic E-state index is 15.6. The first kappa shape index (κ1) is 38.6. The van der Waals surface area contributed by atoms with Gasteiger partial charge in [0.15, 0.2) is 17.5 Å². The zero-order chi connectivity index (χ0) is 41.5. The first-order valence-electron chi connectivity index (χ1n) is 18.6. The molecule has 296 valence electrons. The minimum absolute atomic E-state index is 0.174. The first-order valence-corrected chi connectivity index (χ1v) is 19.3. The second kappa shape index (κ2) is 17.5. The number of nitrogens with one attached hydrogen (secondary N) is 3. The highest BCUT2D eigenvalue weighted by atomic mass is 35.5. The van der Waals surface area contributed by atoms with Crippen LogP contribution >= 0.6 is 23.2 Å². The highest BCUT2D eigenvalue weighted by molar-refractivity contribution is 6.31. The smallest absolute Gasteiger partial charge is 0.164 e. The van der Waals surface area contributed by atoms with E-state index in [0.717, 1.165) is 22.3 Å². The molecule has 0 radical (unpaired) electrons. The lowest BCUT2D eigenvalue weighted by molar-refractivity contribution is 0.630. The highest BCUT2D eigenvalue weighted by Crippen LogP contribution is 2.32. The third-order valence-corrected chi connectivity index (χ3v) is 9.61. The van der Waals surface area contributed by atoms with Crippen LogP contribution in [0.1, 0.15) is 5.56 Å². The van der Waals surface area contributed by atoms with E-state index in [0.29, 0.717) is 74.1 Å². The van der Waals surface area contributed by atoms with E-state index in [1.54, 1.807) is 97.8 Å². The van der Waals surface area contributed by atoms with Crippen molar-refractivity contribution in [2.75, 3.05) is 16.0 Å². The van der Waals surface area contributed by atoms with Crippen LogP contribution in [0.25, 0.3) is 56.5 Å². The monoisotopic (exact) mass is 842 g/mol. The van der Waals surface area contributed by atoms with E-state index in [1.165, 1.54) is 18.7 Å². The molecule has 17 heteroatoms. The minimum atomic E-state index is -0.487. The number of nitrogens with zero attached hydrogens (tertiary/aromatic N) is 11. The largest absolute Gasteiger partial charge is 0.366 e. The molecule has 6 aromatic heterocycles. The summed E-state index contributed by atoms with van der Waals surface area (Å²) in [6, 6.07) is 28.2. The summed E-state index contributed by atoms with van der Waals surface area (Å²) in [6.07, 6.45) is 12.8. The molecule has 9 aromatic rings. The summed E-state index contributed by atoms with van der Waals surface area (Å²) in [5, 5.41) is 10.8. The van der Waals surface area contributed by atoms with Crippen molar-refractivity contribution in [1.29, 1.82) is 0 Å². The van der Waals surface area contributed by atoms with Gasteiger partial charge < -0.3 is 16.0 Å². The van der Waals surface area contributed by atoms with Gasteiger partial charge in [0.1, 0.15) is 47.6 Å². The van der Waals surface area contributed by atoms with E-state index in [1.807, 2.05) is 30.3 Å². The summed E-state index contributed by atoms with van der Waals surface area (Å²) in [6.45, 7) is 0.410. The van der Waals surface area contributed by atoms with Gasteiger partial charge in [-0.25, -0.2) is 54.2 Å². The second-order valence-corrected chi connectivity index (χ2v) is 14.1. The van der Waals surface area contributed by atoms with Gasteiger partial charge in [-0.1, -0.05) is 41.4 Å². The fourth-order valence-electron chi connectivity index (χ4n) is 6.31. The molecule has 61 heavy (non-hydrogen) atoms. The Bertz CT molecular complexity index is 3010. The zero-order valence-corrected chi connectivity index (χ0v) is 33.1. The van der Waals surface area contributed by atoms with Crippen LogP contribution < -0.4 is 16.0 Å². The van der Waals surface area contributed by atoms with Crippen LogP contribution in [-0.2, 0) is 6.54 Å². The van der Waals surface area contributed by atoms with Crippen LogP contribution in [0.4, 0.5) is 33.5 Å². The predicted molar refractivity (Wildman–Crippen MR) is 233 cm³/mol. The molecule has 3 N–H and O–H groups in total. The van der Waals surface area contributed by atoms with Gasteiger partial charge >= 0.3 is 0 Å². The molecule has 0 aliphatic carbocycles. The Kier molecular flexibility index (Phi) is 11.1. The maximum Gasteiger partial charge on any atom is 0.164 e. The van der Waals surface area contributed by atoms with Crippen molar-refractivity contribution in [2.24, 2.45) is 0 Å². The van der Waals surface area contributed by atoms with Gasteiger partial charge in [0.25, 0.3) is 0 Å². The Hall–Kier alpha value is -7.88. The third kappa shape index (κ3) is 9.23. The van der Waals surface area contributed by atoms with Gasteiger partial charge in [-0.3, -0.25) is 4.98 Å². The Morgan fingerprint density at radius 2 is 1.16 bits per heavy atom. The fraction of sp³-hybridized carbons (Fsp3) is 0.0227. The lowest BCUT2D eigenvalue weighted by atomic mass is 9.99. The van der Waals surface area contributed by atoms with E-state index < -0.39 is 5.82 Å². The van der Waals surface area contributed by atoms with E-state index >= 15 is 4.39 Å². The Morgan fingerprint density at radius 3 is 1.98 bits per heavy atom. The van der Waals surface area contributed by atoms with Crippen LogP contribution in [0.5, 0.6) is 0 Å². The van der Waals surface area contributed by atoms with Crippen LogP contribution in [0.15, 0.2) is 147 Å². The van der Waals surface area contributed by atoms with Crippen LogP contribution in [0.2, 0.25) is 10.0 Å². The molecule has 0 unspecified atom stereocenters. The quantitative estimate of drug-likeness (QED) is 0.106. The number of aromatic nitrogens is 11. The van der Waals surface area contributed by atoms with Crippen LogP contribution in [-0.4, -0.2) is 54.8 Å². The van der Waals surface area contributed by atoms with Crippen molar-refractivity contribution in [3.05, 3.63) is 168 Å². The average Bonchev–Trinajstić information content (AvgIpc) is 3.29. The van der Waals surface area contributed by atoms with Crippen molar-refractivity contribution in [3.63, 3.8) is 0 Å². The fourth-order valence-corrected chi connectivity index (χ4v) is 6.74. The molecule has 3 aromatic carbocycles. The molecule has 0 spiro atoms. The number of rotatable bonds is 12. The number of pyridine rings is 1. The molecule has 0 saturated carbocycles. The number of hydrogen-bond donors (Lipinski definition) is 3. The summed E-state index contributed by atoms with van der Waals surface area (Å²) < 4.78 is 15.6. The SMILES string of the molecule is Fc1ccc(-c2cnccc2CNc2ccnc(-c3cccc(Cl)c3)n2)cc1-c1nccc(Nc2cc(-c3cc(Cl)cc(-c4nccc(Nc5ccncn5)n4)c3)ncn2)n1. The molecular formula is C44H29Cl2FN14. The Balaban J connectivity index is 0.930. The Labute approximate surface area is 357 Å². The molecule has 0 aliphatic heterocycles. The molecule has 9 rings (SSSR count). The summed E-state index contributed by atoms with van der Waals surface area (Å²) >= 11 is 12.8. The standard InChI is InChI=1S/C44H29Cl2FN14/c45-31-3-1-2-27(17-31)42-50-13-8-37(59-42)53-22-28-6-11-48-23-34(28)26-4-5-35(47)33(20-26)44-52-15-10-40(61-44)58-41-21-36(54-25-56-41)29-16-30(19-32(46)18-29)43-51-14-9-39(60-43)57-38-7-12-49-24-55-38/h1-21,23-25H,22H2,(H,50,53,59)(H,49,51,55,57,60)(H,52,54,56,58,61).